The van der Waals surface area contributed by atoms with Crippen molar-refractivity contribution in [2.24, 2.45) is 4.99 Å². The van der Waals surface area contributed by atoms with E-state index < -0.39 is 0 Å². The molecule has 1 heterocycles. The molecular formula is C25H21ClN2O4. The summed E-state index contributed by atoms with van der Waals surface area (Å²) < 4.78 is 16.2. The van der Waals surface area contributed by atoms with Crippen molar-refractivity contribution in [3.05, 3.63) is 88.6 Å². The number of rotatable bonds is 6. The second-order valence-electron chi connectivity index (χ2n) is 6.89. The lowest BCUT2D eigenvalue weighted by atomic mass is 10.1. The van der Waals surface area contributed by atoms with E-state index in [2.05, 4.69) is 0 Å². The molecule has 0 N–H and O–H groups in total. The van der Waals surface area contributed by atoms with Crippen LogP contribution in [0.15, 0.2) is 77.4 Å². The summed E-state index contributed by atoms with van der Waals surface area (Å²) in [6.45, 7) is 0. The van der Waals surface area contributed by atoms with E-state index in [0.29, 0.717) is 39.4 Å². The lowest BCUT2D eigenvalue weighted by Crippen LogP contribution is -2.32. The lowest BCUT2D eigenvalue weighted by molar-refractivity contribution is -0.113. The van der Waals surface area contributed by atoms with E-state index in [1.165, 1.54) is 0 Å². The van der Waals surface area contributed by atoms with Crippen molar-refractivity contribution in [2.45, 2.75) is 0 Å². The number of nitrogens with zero attached hydrogens (tertiary/aromatic N) is 2. The molecule has 0 unspecified atom stereocenters. The number of para-hydroxylation sites is 1. The first kappa shape index (κ1) is 21.5. The number of methoxy groups -OCH3 is 3. The molecule has 0 saturated heterocycles. The van der Waals surface area contributed by atoms with Gasteiger partial charge in [0.2, 0.25) is 0 Å². The molecule has 0 bridgehead atoms. The first-order valence-electron chi connectivity index (χ1n) is 9.81. The van der Waals surface area contributed by atoms with Crippen LogP contribution in [0, 0.1) is 0 Å². The molecule has 162 valence electrons. The standard InChI is InChI=1S/C25H21ClN2O4/c1-30-21-7-5-4-6-16(21)14-20-25(29)28(19-11-9-18(26)10-12-19)24(27-20)17-8-13-22(31-2)23(15-17)32-3/h4-15H,1-3H3. The first-order chi connectivity index (χ1) is 15.5. The molecular weight excluding hydrogens is 428 g/mol. The maximum Gasteiger partial charge on any atom is 0.282 e. The van der Waals surface area contributed by atoms with E-state index in [1.807, 2.05) is 30.3 Å². The van der Waals surface area contributed by atoms with Gasteiger partial charge in [-0.3, -0.25) is 9.69 Å². The Bertz CT molecular complexity index is 1220. The topological polar surface area (TPSA) is 60.4 Å². The molecule has 3 aromatic carbocycles. The predicted molar refractivity (Wildman–Crippen MR) is 126 cm³/mol. The molecule has 7 heteroatoms. The minimum absolute atomic E-state index is 0.261. The number of amidine groups is 1. The van der Waals surface area contributed by atoms with Crippen LogP contribution in [-0.2, 0) is 4.79 Å². The molecule has 4 rings (SSSR count). The Morgan fingerprint density at radius 1 is 0.844 bits per heavy atom. The van der Waals surface area contributed by atoms with E-state index >= 15 is 0 Å². The van der Waals surface area contributed by atoms with E-state index in [0.717, 1.165) is 5.56 Å². The Morgan fingerprint density at radius 2 is 1.53 bits per heavy atom. The zero-order valence-electron chi connectivity index (χ0n) is 17.8. The molecule has 32 heavy (non-hydrogen) atoms. The molecule has 0 aliphatic carbocycles. The maximum absolute atomic E-state index is 13.5. The minimum Gasteiger partial charge on any atom is -0.496 e. The number of hydrogen-bond acceptors (Lipinski definition) is 5. The minimum atomic E-state index is -0.261. The number of hydrogen-bond donors (Lipinski definition) is 0. The number of carbonyl (C=O) groups is 1. The number of halogens is 1. The monoisotopic (exact) mass is 448 g/mol. The second-order valence-corrected chi connectivity index (χ2v) is 7.33. The predicted octanol–water partition coefficient (Wildman–Crippen LogP) is 5.20. The smallest absolute Gasteiger partial charge is 0.282 e. The van der Waals surface area contributed by atoms with E-state index in [-0.39, 0.29) is 11.6 Å². The van der Waals surface area contributed by atoms with Crippen LogP contribution >= 0.6 is 11.6 Å². The zero-order chi connectivity index (χ0) is 22.7. The summed E-state index contributed by atoms with van der Waals surface area (Å²) >= 11 is 6.06. The summed E-state index contributed by atoms with van der Waals surface area (Å²) in [6.07, 6.45) is 1.72. The molecule has 0 atom stereocenters. The third-order valence-electron chi connectivity index (χ3n) is 5.02. The third kappa shape index (κ3) is 4.05. The van der Waals surface area contributed by atoms with Crippen molar-refractivity contribution in [3.63, 3.8) is 0 Å². The molecule has 0 aromatic heterocycles. The molecule has 0 fully saturated rings. The van der Waals surface area contributed by atoms with Gasteiger partial charge in [0.25, 0.3) is 5.91 Å². The first-order valence-corrected chi connectivity index (χ1v) is 10.2. The number of benzene rings is 3. The van der Waals surface area contributed by atoms with Crippen LogP contribution in [0.2, 0.25) is 5.02 Å². The van der Waals surface area contributed by atoms with Gasteiger partial charge in [-0.15, -0.1) is 0 Å². The molecule has 0 saturated carbocycles. The van der Waals surface area contributed by atoms with Crippen LogP contribution in [0.3, 0.4) is 0 Å². The molecule has 1 aliphatic rings. The van der Waals surface area contributed by atoms with E-state index in [1.54, 1.807) is 68.7 Å². The van der Waals surface area contributed by atoms with Crippen molar-refractivity contribution in [2.75, 3.05) is 26.2 Å². The highest BCUT2D eigenvalue weighted by molar-refractivity contribution is 6.34. The van der Waals surface area contributed by atoms with E-state index in [4.69, 9.17) is 30.8 Å². The Hall–Kier alpha value is -3.77. The molecule has 0 spiro atoms. The highest BCUT2D eigenvalue weighted by Crippen LogP contribution is 2.33. The third-order valence-corrected chi connectivity index (χ3v) is 5.27. The van der Waals surface area contributed by atoms with Gasteiger partial charge in [0.1, 0.15) is 17.3 Å². The van der Waals surface area contributed by atoms with Crippen molar-refractivity contribution >= 4 is 35.1 Å². The molecule has 0 radical (unpaired) electrons. The number of anilines is 1. The SMILES string of the molecule is COc1ccccc1C=C1N=C(c2ccc(OC)c(OC)c2)N(c2ccc(Cl)cc2)C1=O. The quantitative estimate of drug-likeness (QED) is 0.486. The number of aliphatic imine (C=N–C) groups is 1. The van der Waals surface area contributed by atoms with Crippen LogP contribution < -0.4 is 19.1 Å². The van der Waals surface area contributed by atoms with Crippen LogP contribution in [0.25, 0.3) is 6.08 Å². The average molecular weight is 449 g/mol. The van der Waals surface area contributed by atoms with Crippen molar-refractivity contribution in [1.82, 2.24) is 0 Å². The zero-order valence-corrected chi connectivity index (χ0v) is 18.6. The Labute approximate surface area is 191 Å². The largest absolute Gasteiger partial charge is 0.496 e. The Kier molecular flexibility index (Phi) is 6.14. The van der Waals surface area contributed by atoms with Crippen molar-refractivity contribution < 1.29 is 19.0 Å². The summed E-state index contributed by atoms with van der Waals surface area (Å²) in [5, 5.41) is 0.579. The highest BCUT2D eigenvalue weighted by Gasteiger charge is 2.33. The van der Waals surface area contributed by atoms with Gasteiger partial charge in [-0.05, 0) is 54.6 Å². The molecule has 1 aliphatic heterocycles. The van der Waals surface area contributed by atoms with Gasteiger partial charge in [-0.1, -0.05) is 29.8 Å². The van der Waals surface area contributed by atoms with E-state index in [9.17, 15) is 4.79 Å². The molecule has 1 amide bonds. The Morgan fingerprint density at radius 3 is 2.22 bits per heavy atom. The summed E-state index contributed by atoms with van der Waals surface area (Å²) in [7, 11) is 4.72. The van der Waals surface area contributed by atoms with Crippen LogP contribution in [0.1, 0.15) is 11.1 Å². The van der Waals surface area contributed by atoms with Crippen molar-refractivity contribution in [3.8, 4) is 17.2 Å². The number of ether oxygens (including phenoxy) is 3. The molecule has 6 nitrogen and oxygen atoms in total. The Balaban J connectivity index is 1.86. The van der Waals surface area contributed by atoms with Crippen molar-refractivity contribution in [1.29, 1.82) is 0 Å². The van der Waals surface area contributed by atoms with Gasteiger partial charge in [0.15, 0.2) is 11.5 Å². The fraction of sp³-hybridized carbons (Fsp3) is 0.120. The van der Waals surface area contributed by atoms with Gasteiger partial charge in [-0.25, -0.2) is 4.99 Å². The average Bonchev–Trinajstić information content (AvgIpc) is 3.15. The van der Waals surface area contributed by atoms with Crippen LogP contribution in [0.5, 0.6) is 17.2 Å². The second kappa shape index (κ2) is 9.16. The molecule has 3 aromatic rings. The van der Waals surface area contributed by atoms with Gasteiger partial charge in [0.05, 0.1) is 27.0 Å². The highest BCUT2D eigenvalue weighted by atomic mass is 35.5. The summed E-state index contributed by atoms with van der Waals surface area (Å²) in [5.41, 5.74) is 2.40. The summed E-state index contributed by atoms with van der Waals surface area (Å²) in [4.78, 5) is 19.7. The van der Waals surface area contributed by atoms with Crippen LogP contribution in [0.4, 0.5) is 5.69 Å². The fourth-order valence-corrected chi connectivity index (χ4v) is 3.57. The maximum atomic E-state index is 13.5. The van der Waals surface area contributed by atoms with Crippen LogP contribution in [-0.4, -0.2) is 33.1 Å². The van der Waals surface area contributed by atoms with Gasteiger partial charge >= 0.3 is 0 Å². The summed E-state index contributed by atoms with van der Waals surface area (Å²) in [6, 6.07) is 19.9. The van der Waals surface area contributed by atoms with Gasteiger partial charge < -0.3 is 14.2 Å². The lowest BCUT2D eigenvalue weighted by Gasteiger charge is -2.19. The fourth-order valence-electron chi connectivity index (χ4n) is 3.45. The normalized spacial score (nSPS) is 14.5. The number of amides is 1. The van der Waals surface area contributed by atoms with Gasteiger partial charge in [-0.2, -0.15) is 0 Å². The van der Waals surface area contributed by atoms with Gasteiger partial charge in [0, 0.05) is 16.1 Å². The number of carbonyl (C=O) groups excluding carboxylic acids is 1. The summed E-state index contributed by atoms with van der Waals surface area (Å²) in [5.74, 6) is 1.99.